The van der Waals surface area contributed by atoms with Crippen LogP contribution in [0.4, 0.5) is 0 Å². The van der Waals surface area contributed by atoms with Gasteiger partial charge in [0.1, 0.15) is 11.5 Å². The zero-order chi connectivity index (χ0) is 22.5. The third-order valence-corrected chi connectivity index (χ3v) is 5.86. The summed E-state index contributed by atoms with van der Waals surface area (Å²) in [4.78, 5) is 11.0. The number of carboxylic acids is 1. The first-order chi connectivity index (χ1) is 15.5. The molecule has 6 nitrogen and oxygen atoms in total. The zero-order valence-electron chi connectivity index (χ0n) is 17.4. The summed E-state index contributed by atoms with van der Waals surface area (Å²) in [6.45, 7) is 1.71. The van der Waals surface area contributed by atoms with Gasteiger partial charge in [0, 0.05) is 30.3 Å². The van der Waals surface area contributed by atoms with E-state index in [1.165, 1.54) is 0 Å². The van der Waals surface area contributed by atoms with Crippen LogP contribution in [-0.4, -0.2) is 29.4 Å². The van der Waals surface area contributed by atoms with Crippen LogP contribution in [0, 0.1) is 0 Å². The fourth-order valence-corrected chi connectivity index (χ4v) is 4.05. The molecule has 3 aromatic rings. The minimum atomic E-state index is -0.947. The maximum atomic E-state index is 11.0. The Balaban J connectivity index is 1.29. The Morgan fingerprint density at radius 1 is 1.06 bits per heavy atom. The van der Waals surface area contributed by atoms with Gasteiger partial charge in [-0.15, -0.1) is 0 Å². The zero-order valence-corrected chi connectivity index (χ0v) is 18.9. The molecule has 0 bridgehead atoms. The number of aromatic carboxylic acids is 1. The Kier molecular flexibility index (Phi) is 7.48. The van der Waals surface area contributed by atoms with Crippen molar-refractivity contribution in [2.45, 2.75) is 38.4 Å². The summed E-state index contributed by atoms with van der Waals surface area (Å²) in [5.74, 6) is 0.281. The molecule has 1 fully saturated rings. The number of nitrogens with zero attached hydrogens (tertiary/aromatic N) is 1. The Labute approximate surface area is 196 Å². The van der Waals surface area contributed by atoms with Crippen LogP contribution in [0.5, 0.6) is 0 Å². The molecule has 1 aromatic heterocycles. The summed E-state index contributed by atoms with van der Waals surface area (Å²) in [6, 6.07) is 12.1. The van der Waals surface area contributed by atoms with Gasteiger partial charge in [0.25, 0.3) is 0 Å². The Morgan fingerprint density at radius 3 is 2.44 bits per heavy atom. The molecule has 8 heteroatoms. The first-order valence-corrected chi connectivity index (χ1v) is 11.2. The third-order valence-electron chi connectivity index (χ3n) is 5.23. The number of ether oxygens (including phenoxy) is 2. The second-order valence-corrected chi connectivity index (χ2v) is 8.52. The van der Waals surface area contributed by atoms with E-state index in [9.17, 15) is 4.79 Å². The van der Waals surface area contributed by atoms with Gasteiger partial charge >= 0.3 is 5.97 Å². The van der Waals surface area contributed by atoms with Crippen LogP contribution in [0.1, 0.15) is 52.4 Å². The Bertz CT molecular complexity index is 1070. The third kappa shape index (κ3) is 5.51. The van der Waals surface area contributed by atoms with Crippen molar-refractivity contribution in [1.82, 2.24) is 5.16 Å². The van der Waals surface area contributed by atoms with Crippen LogP contribution in [0.25, 0.3) is 11.3 Å². The highest BCUT2D eigenvalue weighted by atomic mass is 35.5. The molecule has 1 saturated carbocycles. The van der Waals surface area contributed by atoms with Gasteiger partial charge in [-0.1, -0.05) is 46.6 Å². The molecule has 1 aliphatic rings. The molecular formula is C24H23Cl2NO5. The Hall–Kier alpha value is -2.38. The summed E-state index contributed by atoms with van der Waals surface area (Å²) in [5, 5.41) is 14.4. The van der Waals surface area contributed by atoms with E-state index >= 15 is 0 Å². The van der Waals surface area contributed by atoms with Gasteiger partial charge in [-0.3, -0.25) is 0 Å². The fraction of sp³-hybridized carbons (Fsp3) is 0.333. The standard InChI is InChI=1S/C24H23Cl2NO5/c25-19-6-2-7-20(26)21(19)22-18(23(32-27-22)16-8-9-16)14-31-11-3-10-30-13-15-4-1-5-17(12-15)24(28)29/h1-2,4-7,12,16H,3,8-11,13-14H2,(H,28,29). The molecule has 0 aliphatic heterocycles. The molecule has 0 amide bonds. The molecule has 168 valence electrons. The molecule has 0 saturated heterocycles. The molecule has 2 aromatic carbocycles. The Morgan fingerprint density at radius 2 is 1.75 bits per heavy atom. The van der Waals surface area contributed by atoms with Crippen LogP contribution in [0.3, 0.4) is 0 Å². The van der Waals surface area contributed by atoms with E-state index in [0.29, 0.717) is 60.1 Å². The minimum Gasteiger partial charge on any atom is -0.478 e. The minimum absolute atomic E-state index is 0.254. The van der Waals surface area contributed by atoms with Crippen molar-refractivity contribution in [1.29, 1.82) is 0 Å². The van der Waals surface area contributed by atoms with Crippen molar-refractivity contribution in [2.75, 3.05) is 13.2 Å². The number of halogens is 2. The van der Waals surface area contributed by atoms with Gasteiger partial charge < -0.3 is 19.1 Å². The first kappa shape index (κ1) is 22.8. The average Bonchev–Trinajstić information content (AvgIpc) is 3.54. The molecule has 0 atom stereocenters. The smallest absolute Gasteiger partial charge is 0.335 e. The van der Waals surface area contributed by atoms with Crippen LogP contribution < -0.4 is 0 Å². The summed E-state index contributed by atoms with van der Waals surface area (Å²) in [6.07, 6.45) is 2.86. The molecule has 1 N–H and O–H groups in total. The van der Waals surface area contributed by atoms with Gasteiger partial charge in [-0.05, 0) is 49.1 Å². The van der Waals surface area contributed by atoms with Crippen molar-refractivity contribution in [3.05, 3.63) is 75.0 Å². The normalized spacial score (nSPS) is 13.4. The largest absolute Gasteiger partial charge is 0.478 e. The van der Waals surface area contributed by atoms with Crippen molar-refractivity contribution in [3.63, 3.8) is 0 Å². The number of hydrogen-bond acceptors (Lipinski definition) is 5. The van der Waals surface area contributed by atoms with E-state index in [0.717, 1.165) is 29.7 Å². The van der Waals surface area contributed by atoms with Crippen LogP contribution in [0.2, 0.25) is 10.0 Å². The van der Waals surface area contributed by atoms with E-state index in [-0.39, 0.29) is 5.56 Å². The molecule has 1 aliphatic carbocycles. The van der Waals surface area contributed by atoms with Crippen LogP contribution >= 0.6 is 23.2 Å². The van der Waals surface area contributed by atoms with E-state index in [1.54, 1.807) is 36.4 Å². The van der Waals surface area contributed by atoms with Crippen LogP contribution in [-0.2, 0) is 22.7 Å². The lowest BCUT2D eigenvalue weighted by Gasteiger charge is -2.09. The SMILES string of the molecule is O=C(O)c1cccc(COCCCOCc2c(-c3c(Cl)cccc3Cl)noc2C2CC2)c1. The number of aromatic nitrogens is 1. The number of benzene rings is 2. The number of carbonyl (C=O) groups is 1. The summed E-state index contributed by atoms with van der Waals surface area (Å²) in [7, 11) is 0. The van der Waals surface area contributed by atoms with Crippen molar-refractivity contribution >= 4 is 29.2 Å². The maximum Gasteiger partial charge on any atom is 0.335 e. The summed E-state index contributed by atoms with van der Waals surface area (Å²) >= 11 is 12.8. The van der Waals surface area contributed by atoms with E-state index in [4.69, 9.17) is 42.3 Å². The van der Waals surface area contributed by atoms with Gasteiger partial charge in [-0.2, -0.15) is 0 Å². The molecule has 0 radical (unpaired) electrons. The lowest BCUT2D eigenvalue weighted by molar-refractivity contribution is 0.0685. The lowest BCUT2D eigenvalue weighted by Crippen LogP contribution is -2.04. The molecular weight excluding hydrogens is 453 g/mol. The highest BCUT2D eigenvalue weighted by Gasteiger charge is 2.33. The maximum absolute atomic E-state index is 11.0. The monoisotopic (exact) mass is 475 g/mol. The molecule has 4 rings (SSSR count). The van der Waals surface area contributed by atoms with Gasteiger partial charge in [-0.25, -0.2) is 4.79 Å². The quantitative estimate of drug-likeness (QED) is 0.325. The molecule has 32 heavy (non-hydrogen) atoms. The number of hydrogen-bond donors (Lipinski definition) is 1. The number of carboxylic acid groups (broad SMARTS) is 1. The second kappa shape index (κ2) is 10.5. The molecule has 0 unspecified atom stereocenters. The predicted octanol–water partition coefficient (Wildman–Crippen LogP) is 6.35. The lowest BCUT2D eigenvalue weighted by atomic mass is 10.0. The van der Waals surface area contributed by atoms with E-state index < -0.39 is 5.97 Å². The predicted molar refractivity (Wildman–Crippen MR) is 121 cm³/mol. The molecule has 0 spiro atoms. The van der Waals surface area contributed by atoms with Gasteiger partial charge in [0.2, 0.25) is 0 Å². The molecule has 1 heterocycles. The van der Waals surface area contributed by atoms with Crippen molar-refractivity contribution < 1.29 is 23.9 Å². The average molecular weight is 476 g/mol. The van der Waals surface area contributed by atoms with Gasteiger partial charge in [0.15, 0.2) is 0 Å². The summed E-state index contributed by atoms with van der Waals surface area (Å²) < 4.78 is 17.2. The van der Waals surface area contributed by atoms with Crippen molar-refractivity contribution in [3.8, 4) is 11.3 Å². The first-order valence-electron chi connectivity index (χ1n) is 10.4. The van der Waals surface area contributed by atoms with E-state index in [1.807, 2.05) is 6.07 Å². The second-order valence-electron chi connectivity index (χ2n) is 7.71. The van der Waals surface area contributed by atoms with Gasteiger partial charge in [0.05, 0.1) is 28.8 Å². The highest BCUT2D eigenvalue weighted by Crippen LogP contribution is 2.46. The summed E-state index contributed by atoms with van der Waals surface area (Å²) in [5.41, 5.74) is 3.28. The number of rotatable bonds is 11. The van der Waals surface area contributed by atoms with Crippen LogP contribution in [0.15, 0.2) is 47.0 Å². The fourth-order valence-electron chi connectivity index (χ4n) is 3.47. The van der Waals surface area contributed by atoms with Crippen molar-refractivity contribution in [2.24, 2.45) is 0 Å². The highest BCUT2D eigenvalue weighted by molar-refractivity contribution is 6.39. The topological polar surface area (TPSA) is 81.8 Å². The van der Waals surface area contributed by atoms with E-state index in [2.05, 4.69) is 5.16 Å².